The molecule has 7 nitrogen and oxygen atoms in total. The number of amides is 1. The van der Waals surface area contributed by atoms with Crippen LogP contribution in [0.4, 0.5) is 0 Å². The third-order valence-electron chi connectivity index (χ3n) is 3.40. The molecule has 3 N–H and O–H groups in total. The van der Waals surface area contributed by atoms with E-state index in [9.17, 15) is 4.79 Å². The van der Waals surface area contributed by atoms with Crippen molar-refractivity contribution in [1.82, 2.24) is 16.0 Å². The van der Waals surface area contributed by atoms with Gasteiger partial charge in [-0.1, -0.05) is 18.2 Å². The summed E-state index contributed by atoms with van der Waals surface area (Å²) in [6.45, 7) is 3.59. The van der Waals surface area contributed by atoms with Gasteiger partial charge in [0.15, 0.2) is 5.96 Å². The van der Waals surface area contributed by atoms with Gasteiger partial charge in [-0.05, 0) is 25.1 Å². The Hall–Kier alpha value is -2.23. The van der Waals surface area contributed by atoms with Gasteiger partial charge in [0.25, 0.3) is 0 Å². The lowest BCUT2D eigenvalue weighted by atomic mass is 10.2. The normalized spacial score (nSPS) is 10.6. The van der Waals surface area contributed by atoms with E-state index in [4.69, 9.17) is 9.15 Å². The first-order chi connectivity index (χ1) is 12.2. The predicted octanol–water partition coefficient (Wildman–Crippen LogP) is 2.28. The van der Waals surface area contributed by atoms with Gasteiger partial charge in [-0.2, -0.15) is 0 Å². The van der Waals surface area contributed by atoms with Crippen molar-refractivity contribution < 1.29 is 13.9 Å². The van der Waals surface area contributed by atoms with Crippen molar-refractivity contribution in [2.75, 3.05) is 20.2 Å². The number of benzene rings is 1. The summed E-state index contributed by atoms with van der Waals surface area (Å²) in [6, 6.07) is 11.4. The smallest absolute Gasteiger partial charge is 0.239 e. The summed E-state index contributed by atoms with van der Waals surface area (Å²) in [5.74, 6) is 1.95. The molecule has 8 heteroatoms. The van der Waals surface area contributed by atoms with E-state index in [2.05, 4.69) is 20.9 Å². The van der Waals surface area contributed by atoms with Crippen molar-refractivity contribution in [3.63, 3.8) is 0 Å². The molecule has 2 rings (SSSR count). The Morgan fingerprint density at radius 3 is 2.62 bits per heavy atom. The van der Waals surface area contributed by atoms with Crippen LogP contribution in [0.25, 0.3) is 0 Å². The first-order valence-corrected chi connectivity index (χ1v) is 8.17. The minimum absolute atomic E-state index is 0. The molecule has 0 fully saturated rings. The fourth-order valence-corrected chi connectivity index (χ4v) is 2.17. The van der Waals surface area contributed by atoms with E-state index in [1.807, 2.05) is 37.3 Å². The maximum Gasteiger partial charge on any atom is 0.239 e. The quantitative estimate of drug-likeness (QED) is 0.312. The second-order valence-electron chi connectivity index (χ2n) is 5.18. The standard InChI is InChI=1S/C18H24N4O3.HI/c1-3-24-16-9-5-4-7-14(16)11-21-18(19-2)22-13-17(23)20-12-15-8-6-10-25-15;/h4-10H,3,11-13H2,1-2H3,(H,20,23)(H2,19,21,22);1H. The molecule has 0 radical (unpaired) electrons. The number of ether oxygens (including phenoxy) is 1. The fourth-order valence-electron chi connectivity index (χ4n) is 2.17. The van der Waals surface area contributed by atoms with E-state index in [-0.39, 0.29) is 36.4 Å². The summed E-state index contributed by atoms with van der Waals surface area (Å²) in [5, 5.41) is 8.91. The van der Waals surface area contributed by atoms with Crippen molar-refractivity contribution in [2.45, 2.75) is 20.0 Å². The second-order valence-corrected chi connectivity index (χ2v) is 5.18. The molecule has 0 unspecified atom stereocenters. The molecule has 0 saturated carbocycles. The van der Waals surface area contributed by atoms with Crippen molar-refractivity contribution in [1.29, 1.82) is 0 Å². The lowest BCUT2D eigenvalue weighted by Gasteiger charge is -2.14. The molecule has 142 valence electrons. The van der Waals surface area contributed by atoms with Gasteiger partial charge in [0, 0.05) is 19.2 Å². The summed E-state index contributed by atoms with van der Waals surface area (Å²) in [5.41, 5.74) is 1.02. The van der Waals surface area contributed by atoms with Gasteiger partial charge < -0.3 is 25.1 Å². The number of aliphatic imine (C=N–C) groups is 1. The average molecular weight is 472 g/mol. The van der Waals surface area contributed by atoms with Crippen LogP contribution in [-0.2, 0) is 17.9 Å². The number of furan rings is 1. The highest BCUT2D eigenvalue weighted by molar-refractivity contribution is 14.0. The van der Waals surface area contributed by atoms with Crippen molar-refractivity contribution >= 4 is 35.8 Å². The van der Waals surface area contributed by atoms with Gasteiger partial charge in [-0.3, -0.25) is 9.79 Å². The SMILES string of the molecule is CCOc1ccccc1CNC(=NC)NCC(=O)NCc1ccco1.I. The Kier molecular flexibility index (Phi) is 10.2. The number of hydrogen-bond donors (Lipinski definition) is 3. The van der Waals surface area contributed by atoms with E-state index in [0.717, 1.165) is 11.3 Å². The lowest BCUT2D eigenvalue weighted by molar-refractivity contribution is -0.120. The monoisotopic (exact) mass is 472 g/mol. The number of nitrogens with zero attached hydrogens (tertiary/aromatic N) is 1. The minimum Gasteiger partial charge on any atom is -0.494 e. The Morgan fingerprint density at radius 2 is 1.92 bits per heavy atom. The zero-order valence-electron chi connectivity index (χ0n) is 15.0. The van der Waals surface area contributed by atoms with E-state index in [1.165, 1.54) is 0 Å². The number of rotatable bonds is 8. The Morgan fingerprint density at radius 1 is 1.12 bits per heavy atom. The topological polar surface area (TPSA) is 87.9 Å². The van der Waals surface area contributed by atoms with Gasteiger partial charge in [0.1, 0.15) is 11.5 Å². The average Bonchev–Trinajstić information content (AvgIpc) is 3.15. The summed E-state index contributed by atoms with van der Waals surface area (Å²) < 4.78 is 10.8. The molecular weight excluding hydrogens is 447 g/mol. The van der Waals surface area contributed by atoms with Crippen LogP contribution in [0.2, 0.25) is 0 Å². The Bertz CT molecular complexity index is 690. The first-order valence-electron chi connectivity index (χ1n) is 8.17. The van der Waals surface area contributed by atoms with Gasteiger partial charge in [0.2, 0.25) is 5.91 Å². The third-order valence-corrected chi connectivity index (χ3v) is 3.40. The van der Waals surface area contributed by atoms with E-state index in [0.29, 0.717) is 31.4 Å². The van der Waals surface area contributed by atoms with Crippen LogP contribution in [0.15, 0.2) is 52.1 Å². The number of para-hydroxylation sites is 1. The number of hydrogen-bond acceptors (Lipinski definition) is 4. The molecular formula is C18H25IN4O3. The maximum absolute atomic E-state index is 11.9. The molecule has 0 bridgehead atoms. The number of carbonyl (C=O) groups is 1. The molecule has 0 spiro atoms. The summed E-state index contributed by atoms with van der Waals surface area (Å²) in [7, 11) is 1.66. The van der Waals surface area contributed by atoms with Crippen LogP contribution in [-0.4, -0.2) is 32.1 Å². The predicted molar refractivity (Wildman–Crippen MR) is 112 cm³/mol. The zero-order valence-corrected chi connectivity index (χ0v) is 17.3. The Balaban J connectivity index is 0.00000338. The van der Waals surface area contributed by atoms with Gasteiger partial charge in [-0.25, -0.2) is 0 Å². The highest BCUT2D eigenvalue weighted by Crippen LogP contribution is 2.17. The highest BCUT2D eigenvalue weighted by Gasteiger charge is 2.06. The van der Waals surface area contributed by atoms with Gasteiger partial charge >= 0.3 is 0 Å². The van der Waals surface area contributed by atoms with Gasteiger partial charge in [0.05, 0.1) is 26.0 Å². The molecule has 1 aromatic heterocycles. The molecule has 1 aromatic carbocycles. The molecule has 1 heterocycles. The number of nitrogens with one attached hydrogen (secondary N) is 3. The molecule has 0 aliphatic carbocycles. The molecule has 2 aromatic rings. The fraction of sp³-hybridized carbons (Fsp3) is 0.333. The van der Waals surface area contributed by atoms with Crippen LogP contribution >= 0.6 is 24.0 Å². The van der Waals surface area contributed by atoms with E-state index in [1.54, 1.807) is 19.4 Å². The lowest BCUT2D eigenvalue weighted by Crippen LogP contribution is -2.42. The largest absolute Gasteiger partial charge is 0.494 e. The maximum atomic E-state index is 11.9. The van der Waals surface area contributed by atoms with Crippen molar-refractivity contribution in [2.24, 2.45) is 4.99 Å². The van der Waals surface area contributed by atoms with E-state index < -0.39 is 0 Å². The second kappa shape index (κ2) is 12.2. The summed E-state index contributed by atoms with van der Waals surface area (Å²) in [6.07, 6.45) is 1.58. The molecule has 0 aliphatic heterocycles. The molecule has 26 heavy (non-hydrogen) atoms. The zero-order chi connectivity index (χ0) is 17.9. The first kappa shape index (κ1) is 21.8. The summed E-state index contributed by atoms with van der Waals surface area (Å²) in [4.78, 5) is 16.0. The number of carbonyl (C=O) groups excluding carboxylic acids is 1. The molecule has 0 aliphatic rings. The van der Waals surface area contributed by atoms with Crippen LogP contribution < -0.4 is 20.7 Å². The van der Waals surface area contributed by atoms with Crippen LogP contribution in [0.5, 0.6) is 5.75 Å². The van der Waals surface area contributed by atoms with Gasteiger partial charge in [-0.15, -0.1) is 24.0 Å². The summed E-state index contributed by atoms with van der Waals surface area (Å²) >= 11 is 0. The third kappa shape index (κ3) is 7.34. The van der Waals surface area contributed by atoms with Crippen molar-refractivity contribution in [3.05, 3.63) is 54.0 Å². The number of halogens is 1. The number of guanidine groups is 1. The van der Waals surface area contributed by atoms with Crippen LogP contribution in [0.1, 0.15) is 18.2 Å². The molecule has 1 amide bonds. The van der Waals surface area contributed by atoms with E-state index >= 15 is 0 Å². The highest BCUT2D eigenvalue weighted by atomic mass is 127. The van der Waals surface area contributed by atoms with Crippen LogP contribution in [0, 0.1) is 0 Å². The van der Waals surface area contributed by atoms with Crippen LogP contribution in [0.3, 0.4) is 0 Å². The molecule has 0 atom stereocenters. The molecule has 0 saturated heterocycles. The minimum atomic E-state index is -0.144. The Labute approximate surface area is 170 Å². The van der Waals surface area contributed by atoms with Crippen molar-refractivity contribution in [3.8, 4) is 5.75 Å².